The van der Waals surface area contributed by atoms with Crippen LogP contribution in [0.25, 0.3) is 0 Å². The molecular weight excluding hydrogens is 250 g/mol. The molecule has 0 radical (unpaired) electrons. The minimum absolute atomic E-state index is 0.144. The molecule has 0 aliphatic rings. The van der Waals surface area contributed by atoms with Crippen molar-refractivity contribution >= 4 is 23.0 Å². The molecule has 4 N–H and O–H groups in total. The van der Waals surface area contributed by atoms with Gasteiger partial charge in [-0.05, 0) is 43.7 Å². The van der Waals surface area contributed by atoms with Crippen LogP contribution in [0.4, 0.5) is 17.1 Å². The fraction of sp³-hybridized carbons (Fsp3) is 0.188. The lowest BCUT2D eigenvalue weighted by molar-refractivity contribution is 0.0993. The van der Waals surface area contributed by atoms with Crippen LogP contribution < -0.4 is 16.4 Å². The Bertz CT molecular complexity index is 665. The Kier molecular flexibility index (Phi) is 3.66. The maximum atomic E-state index is 12.5. The van der Waals surface area contributed by atoms with Crippen molar-refractivity contribution in [2.75, 3.05) is 23.4 Å². The van der Waals surface area contributed by atoms with E-state index in [-0.39, 0.29) is 5.91 Å². The molecular formula is C16H19N3O. The Balaban J connectivity index is 2.37. The molecule has 0 aromatic heterocycles. The van der Waals surface area contributed by atoms with Crippen LogP contribution >= 0.6 is 0 Å². The SMILES string of the molecule is Cc1ccc(N(C)C(=O)c2ccc(N)cc2N)c(C)c1. The molecule has 0 spiro atoms. The first-order chi connectivity index (χ1) is 9.40. The van der Waals surface area contributed by atoms with E-state index in [0.29, 0.717) is 16.9 Å². The summed E-state index contributed by atoms with van der Waals surface area (Å²) in [4.78, 5) is 14.1. The number of aryl methyl sites for hydroxylation is 2. The topological polar surface area (TPSA) is 72.3 Å². The quantitative estimate of drug-likeness (QED) is 0.823. The molecule has 2 rings (SSSR count). The fourth-order valence-electron chi connectivity index (χ4n) is 2.25. The molecule has 0 aliphatic carbocycles. The molecule has 4 nitrogen and oxygen atoms in total. The van der Waals surface area contributed by atoms with E-state index in [0.717, 1.165) is 11.3 Å². The minimum atomic E-state index is -0.144. The summed E-state index contributed by atoms with van der Waals surface area (Å²) in [6.45, 7) is 4.01. The second kappa shape index (κ2) is 5.25. The monoisotopic (exact) mass is 269 g/mol. The Morgan fingerprint density at radius 1 is 1.05 bits per heavy atom. The second-order valence-electron chi connectivity index (χ2n) is 5.00. The van der Waals surface area contributed by atoms with Crippen LogP contribution in [0.1, 0.15) is 21.5 Å². The Morgan fingerprint density at radius 2 is 1.75 bits per heavy atom. The molecule has 20 heavy (non-hydrogen) atoms. The largest absolute Gasteiger partial charge is 0.399 e. The van der Waals surface area contributed by atoms with Gasteiger partial charge in [0, 0.05) is 24.1 Å². The highest BCUT2D eigenvalue weighted by atomic mass is 16.2. The highest BCUT2D eigenvalue weighted by Crippen LogP contribution is 2.24. The lowest BCUT2D eigenvalue weighted by atomic mass is 10.1. The summed E-state index contributed by atoms with van der Waals surface area (Å²) >= 11 is 0. The first kappa shape index (κ1) is 13.9. The zero-order valence-electron chi connectivity index (χ0n) is 12.0. The van der Waals surface area contributed by atoms with E-state index in [1.165, 1.54) is 5.56 Å². The predicted molar refractivity (Wildman–Crippen MR) is 83.9 cm³/mol. The zero-order chi connectivity index (χ0) is 14.9. The Hall–Kier alpha value is -2.49. The molecule has 1 amide bonds. The summed E-state index contributed by atoms with van der Waals surface area (Å²) in [5.41, 5.74) is 16.0. The van der Waals surface area contributed by atoms with E-state index in [1.54, 1.807) is 30.1 Å². The summed E-state index contributed by atoms with van der Waals surface area (Å²) < 4.78 is 0. The van der Waals surface area contributed by atoms with Crippen LogP contribution in [0.2, 0.25) is 0 Å². The third kappa shape index (κ3) is 2.59. The number of rotatable bonds is 2. The van der Waals surface area contributed by atoms with Crippen LogP contribution in [0.15, 0.2) is 36.4 Å². The van der Waals surface area contributed by atoms with Crippen molar-refractivity contribution in [3.8, 4) is 0 Å². The molecule has 0 saturated carbocycles. The highest BCUT2D eigenvalue weighted by Gasteiger charge is 2.17. The van der Waals surface area contributed by atoms with Crippen LogP contribution in [-0.2, 0) is 0 Å². The van der Waals surface area contributed by atoms with Crippen molar-refractivity contribution in [3.63, 3.8) is 0 Å². The second-order valence-corrected chi connectivity index (χ2v) is 5.00. The van der Waals surface area contributed by atoms with Crippen LogP contribution in [0.5, 0.6) is 0 Å². The maximum Gasteiger partial charge on any atom is 0.260 e. The van der Waals surface area contributed by atoms with Gasteiger partial charge in [0.25, 0.3) is 5.91 Å². The summed E-state index contributed by atoms with van der Waals surface area (Å²) in [7, 11) is 1.75. The van der Waals surface area contributed by atoms with Crippen LogP contribution in [0, 0.1) is 13.8 Å². The van der Waals surface area contributed by atoms with Gasteiger partial charge in [-0.1, -0.05) is 17.7 Å². The van der Waals surface area contributed by atoms with Gasteiger partial charge in [0.05, 0.1) is 5.56 Å². The number of hydrogen-bond donors (Lipinski definition) is 2. The van der Waals surface area contributed by atoms with E-state index >= 15 is 0 Å². The van der Waals surface area contributed by atoms with Crippen molar-refractivity contribution < 1.29 is 4.79 Å². The number of hydrogen-bond acceptors (Lipinski definition) is 3. The maximum absolute atomic E-state index is 12.5. The molecule has 0 saturated heterocycles. The molecule has 0 unspecified atom stereocenters. The number of amides is 1. The first-order valence-electron chi connectivity index (χ1n) is 6.40. The molecule has 2 aromatic rings. The van der Waals surface area contributed by atoms with Gasteiger partial charge in [0.1, 0.15) is 0 Å². The third-order valence-corrected chi connectivity index (χ3v) is 3.32. The van der Waals surface area contributed by atoms with Crippen molar-refractivity contribution in [2.24, 2.45) is 0 Å². The van der Waals surface area contributed by atoms with Crippen molar-refractivity contribution in [1.82, 2.24) is 0 Å². The molecule has 0 atom stereocenters. The Morgan fingerprint density at radius 3 is 2.35 bits per heavy atom. The number of anilines is 3. The molecule has 2 aromatic carbocycles. The Labute approximate surface area is 119 Å². The first-order valence-corrected chi connectivity index (χ1v) is 6.40. The van der Waals surface area contributed by atoms with Crippen LogP contribution in [0.3, 0.4) is 0 Å². The van der Waals surface area contributed by atoms with Crippen molar-refractivity contribution in [1.29, 1.82) is 0 Å². The number of nitrogens with two attached hydrogens (primary N) is 2. The average molecular weight is 269 g/mol. The molecule has 0 fully saturated rings. The summed E-state index contributed by atoms with van der Waals surface area (Å²) in [5, 5.41) is 0. The lowest BCUT2D eigenvalue weighted by Crippen LogP contribution is -2.27. The summed E-state index contributed by atoms with van der Waals surface area (Å²) in [6, 6.07) is 10.9. The van der Waals surface area contributed by atoms with Gasteiger partial charge in [-0.25, -0.2) is 0 Å². The predicted octanol–water partition coefficient (Wildman–Crippen LogP) is 2.74. The molecule has 0 bridgehead atoms. The van der Waals surface area contributed by atoms with Gasteiger partial charge in [0.2, 0.25) is 0 Å². The molecule has 4 heteroatoms. The average Bonchev–Trinajstić information content (AvgIpc) is 2.37. The summed E-state index contributed by atoms with van der Waals surface area (Å²) in [6.07, 6.45) is 0. The third-order valence-electron chi connectivity index (χ3n) is 3.32. The van der Waals surface area contributed by atoms with Gasteiger partial charge < -0.3 is 16.4 Å². The zero-order valence-corrected chi connectivity index (χ0v) is 12.0. The number of benzene rings is 2. The molecule has 104 valence electrons. The van der Waals surface area contributed by atoms with Gasteiger partial charge in [-0.15, -0.1) is 0 Å². The van der Waals surface area contributed by atoms with Gasteiger partial charge in [-0.3, -0.25) is 4.79 Å². The highest BCUT2D eigenvalue weighted by molar-refractivity contribution is 6.09. The van der Waals surface area contributed by atoms with E-state index < -0.39 is 0 Å². The molecule has 0 aliphatic heterocycles. The lowest BCUT2D eigenvalue weighted by Gasteiger charge is -2.21. The number of nitrogen functional groups attached to an aromatic ring is 2. The van der Waals surface area contributed by atoms with Crippen molar-refractivity contribution in [3.05, 3.63) is 53.1 Å². The van der Waals surface area contributed by atoms with E-state index in [1.807, 2.05) is 32.0 Å². The number of carbonyl (C=O) groups is 1. The van der Waals surface area contributed by atoms with Gasteiger partial charge >= 0.3 is 0 Å². The minimum Gasteiger partial charge on any atom is -0.399 e. The number of nitrogens with zero attached hydrogens (tertiary/aromatic N) is 1. The standard InChI is InChI=1S/C16H19N3O/c1-10-4-7-15(11(2)8-10)19(3)16(20)13-6-5-12(17)9-14(13)18/h4-9H,17-18H2,1-3H3. The van der Waals surface area contributed by atoms with E-state index in [2.05, 4.69) is 0 Å². The van der Waals surface area contributed by atoms with Gasteiger partial charge in [-0.2, -0.15) is 0 Å². The number of carbonyl (C=O) groups excluding carboxylic acids is 1. The van der Waals surface area contributed by atoms with E-state index in [4.69, 9.17) is 11.5 Å². The smallest absolute Gasteiger partial charge is 0.260 e. The normalized spacial score (nSPS) is 10.3. The van der Waals surface area contributed by atoms with Crippen molar-refractivity contribution in [2.45, 2.75) is 13.8 Å². The van der Waals surface area contributed by atoms with E-state index in [9.17, 15) is 4.79 Å². The van der Waals surface area contributed by atoms with Gasteiger partial charge in [0.15, 0.2) is 0 Å². The summed E-state index contributed by atoms with van der Waals surface area (Å²) in [5.74, 6) is -0.144. The molecule has 0 heterocycles. The van der Waals surface area contributed by atoms with Crippen LogP contribution in [-0.4, -0.2) is 13.0 Å². The fourth-order valence-corrected chi connectivity index (χ4v) is 2.25.